The van der Waals surface area contributed by atoms with Crippen molar-refractivity contribution in [2.45, 2.75) is 0 Å². The van der Waals surface area contributed by atoms with Crippen molar-refractivity contribution in [1.29, 1.82) is 0 Å². The van der Waals surface area contributed by atoms with Gasteiger partial charge in [0.1, 0.15) is 0 Å². The summed E-state index contributed by atoms with van der Waals surface area (Å²) < 4.78 is 7.15. The summed E-state index contributed by atoms with van der Waals surface area (Å²) in [7, 11) is 0. The lowest BCUT2D eigenvalue weighted by molar-refractivity contribution is 1.07. The molecular formula is C59H38N6. The van der Waals surface area contributed by atoms with Crippen LogP contribution in [0.3, 0.4) is 0 Å². The molecule has 9 aromatic carbocycles. The lowest BCUT2D eigenvalue weighted by Gasteiger charge is -2.12. The van der Waals surface area contributed by atoms with E-state index in [4.69, 9.17) is 15.0 Å². The third-order valence-electron chi connectivity index (χ3n) is 12.7. The fourth-order valence-electron chi connectivity index (χ4n) is 9.65. The normalized spacial score (nSPS) is 11.7. The SMILES string of the molecule is c1ccc(-c2nc(-c3ccccc3)nc(-c3cccc(-c4cccc(-n5c6cc7c8ccccc8n(-c8ccccc8)c7cc6c6cc7ccn(-c8ccccc8)c7cc65)c4)c3)n2)cc1. The van der Waals surface area contributed by atoms with Gasteiger partial charge in [-0.3, -0.25) is 0 Å². The zero-order chi connectivity index (χ0) is 42.8. The Kier molecular flexibility index (Phi) is 8.42. The van der Waals surface area contributed by atoms with Gasteiger partial charge in [0.05, 0.1) is 27.6 Å². The minimum atomic E-state index is 0.627. The van der Waals surface area contributed by atoms with Crippen molar-refractivity contribution in [2.24, 2.45) is 0 Å². The molecule has 0 unspecified atom stereocenters. The molecule has 6 nitrogen and oxygen atoms in total. The lowest BCUT2D eigenvalue weighted by atomic mass is 10.0. The first kappa shape index (κ1) is 36.8. The zero-order valence-corrected chi connectivity index (χ0v) is 35.1. The van der Waals surface area contributed by atoms with Crippen molar-refractivity contribution in [3.05, 3.63) is 231 Å². The number of aromatic nitrogens is 6. The van der Waals surface area contributed by atoms with Crippen LogP contribution >= 0.6 is 0 Å². The van der Waals surface area contributed by atoms with Gasteiger partial charge in [-0.1, -0.05) is 146 Å². The summed E-state index contributed by atoms with van der Waals surface area (Å²) in [6, 6.07) is 79.6. The van der Waals surface area contributed by atoms with Gasteiger partial charge in [0.25, 0.3) is 0 Å². The summed E-state index contributed by atoms with van der Waals surface area (Å²) in [6.45, 7) is 0. The molecule has 0 aliphatic heterocycles. The average molecular weight is 831 g/mol. The van der Waals surface area contributed by atoms with E-state index >= 15 is 0 Å². The summed E-state index contributed by atoms with van der Waals surface area (Å²) in [5.41, 5.74) is 14.1. The summed E-state index contributed by atoms with van der Waals surface area (Å²) in [5.74, 6) is 1.91. The van der Waals surface area contributed by atoms with Crippen LogP contribution in [0.25, 0.3) is 117 Å². The van der Waals surface area contributed by atoms with Crippen LogP contribution in [0.4, 0.5) is 0 Å². The molecule has 4 aromatic heterocycles. The minimum Gasteiger partial charge on any atom is -0.316 e. The number of nitrogens with zero attached hydrogens (tertiary/aromatic N) is 6. The van der Waals surface area contributed by atoms with E-state index in [1.54, 1.807) is 0 Å². The molecule has 304 valence electrons. The van der Waals surface area contributed by atoms with E-state index in [2.05, 4.69) is 184 Å². The second-order valence-electron chi connectivity index (χ2n) is 16.5. The molecule has 0 saturated carbocycles. The minimum absolute atomic E-state index is 0.627. The third-order valence-corrected chi connectivity index (χ3v) is 12.7. The Morgan fingerprint density at radius 2 is 0.723 bits per heavy atom. The topological polar surface area (TPSA) is 53.5 Å². The maximum absolute atomic E-state index is 5.05. The van der Waals surface area contributed by atoms with Crippen LogP contribution in [0.5, 0.6) is 0 Å². The van der Waals surface area contributed by atoms with Crippen LogP contribution < -0.4 is 0 Å². The summed E-state index contributed by atoms with van der Waals surface area (Å²) in [5, 5.41) is 6.04. The van der Waals surface area contributed by atoms with Gasteiger partial charge in [0, 0.05) is 66.9 Å². The summed E-state index contributed by atoms with van der Waals surface area (Å²) >= 11 is 0. The number of rotatable bonds is 7. The molecule has 0 fully saturated rings. The van der Waals surface area contributed by atoms with E-state index in [0.717, 1.165) is 61.4 Å². The molecule has 0 saturated heterocycles. The number of fused-ring (bicyclic) bond motifs is 7. The molecular weight excluding hydrogens is 793 g/mol. The van der Waals surface area contributed by atoms with Gasteiger partial charge in [-0.25, -0.2) is 15.0 Å². The van der Waals surface area contributed by atoms with Crippen LogP contribution in [0.15, 0.2) is 231 Å². The number of para-hydroxylation sites is 3. The molecule has 4 heterocycles. The Morgan fingerprint density at radius 1 is 0.262 bits per heavy atom. The molecule has 0 aliphatic carbocycles. The second-order valence-corrected chi connectivity index (χ2v) is 16.5. The van der Waals surface area contributed by atoms with Gasteiger partial charge in [-0.15, -0.1) is 0 Å². The summed E-state index contributed by atoms with van der Waals surface area (Å²) in [4.78, 5) is 15.0. The van der Waals surface area contributed by atoms with Crippen LogP contribution in [0.2, 0.25) is 0 Å². The van der Waals surface area contributed by atoms with Crippen molar-refractivity contribution in [3.63, 3.8) is 0 Å². The first-order valence-corrected chi connectivity index (χ1v) is 21.9. The Balaban J connectivity index is 1.02. The zero-order valence-electron chi connectivity index (χ0n) is 35.1. The van der Waals surface area contributed by atoms with Gasteiger partial charge in [-0.05, 0) is 90.0 Å². The molecule has 13 rings (SSSR count). The Morgan fingerprint density at radius 3 is 1.40 bits per heavy atom. The molecule has 0 atom stereocenters. The number of hydrogen-bond donors (Lipinski definition) is 0. The molecule has 0 bridgehead atoms. The van der Waals surface area contributed by atoms with E-state index < -0.39 is 0 Å². The van der Waals surface area contributed by atoms with E-state index in [1.165, 1.54) is 38.0 Å². The molecule has 65 heavy (non-hydrogen) atoms. The predicted molar refractivity (Wildman–Crippen MR) is 267 cm³/mol. The smallest absolute Gasteiger partial charge is 0.164 e. The van der Waals surface area contributed by atoms with Crippen molar-refractivity contribution in [1.82, 2.24) is 28.7 Å². The highest BCUT2D eigenvalue weighted by atomic mass is 15.0. The highest BCUT2D eigenvalue weighted by molar-refractivity contribution is 6.20. The first-order chi connectivity index (χ1) is 32.2. The van der Waals surface area contributed by atoms with Crippen molar-refractivity contribution >= 4 is 54.5 Å². The highest BCUT2D eigenvalue weighted by Crippen LogP contribution is 2.42. The van der Waals surface area contributed by atoms with Crippen LogP contribution in [-0.4, -0.2) is 28.7 Å². The molecule has 0 aliphatic rings. The van der Waals surface area contributed by atoms with E-state index in [-0.39, 0.29) is 0 Å². The molecule has 0 N–H and O–H groups in total. The largest absolute Gasteiger partial charge is 0.316 e. The van der Waals surface area contributed by atoms with Crippen LogP contribution in [-0.2, 0) is 0 Å². The standard InChI is InChI=1S/C59H38N6/c1-5-17-39(18-6-1)57-60-58(40-19-7-2-8-20-40)62-59(61-57)44-23-15-21-41(33-44)42-22-16-28-47(34-42)65-55-36-50-48-29-13-14-30-52(48)64(46-26-11-4-12-27-46)54(50)37-51(55)49-35-43-31-32-63(53(43)38-56(49)65)45-24-9-3-10-25-45/h1-38H. The van der Waals surface area contributed by atoms with Gasteiger partial charge >= 0.3 is 0 Å². The Hall–Kier alpha value is -8.87. The Labute approximate surface area is 374 Å². The van der Waals surface area contributed by atoms with Crippen molar-refractivity contribution in [3.8, 4) is 62.4 Å². The third kappa shape index (κ3) is 6.15. The van der Waals surface area contributed by atoms with Crippen LogP contribution in [0, 0.1) is 0 Å². The van der Waals surface area contributed by atoms with Gasteiger partial charge in [0.15, 0.2) is 17.5 Å². The fourth-order valence-corrected chi connectivity index (χ4v) is 9.65. The fraction of sp³-hybridized carbons (Fsp3) is 0. The van der Waals surface area contributed by atoms with E-state index in [0.29, 0.717) is 17.5 Å². The second kappa shape index (κ2) is 14.9. The predicted octanol–water partition coefficient (Wildman–Crippen LogP) is 14.7. The molecule has 0 spiro atoms. The number of hydrogen-bond acceptors (Lipinski definition) is 3. The quantitative estimate of drug-likeness (QED) is 0.161. The monoisotopic (exact) mass is 830 g/mol. The molecule has 0 amide bonds. The van der Waals surface area contributed by atoms with Gasteiger partial charge in [-0.2, -0.15) is 0 Å². The lowest BCUT2D eigenvalue weighted by Crippen LogP contribution is -2.00. The van der Waals surface area contributed by atoms with E-state index in [9.17, 15) is 0 Å². The molecule has 13 aromatic rings. The highest BCUT2D eigenvalue weighted by Gasteiger charge is 2.21. The van der Waals surface area contributed by atoms with E-state index in [1.807, 2.05) is 60.7 Å². The van der Waals surface area contributed by atoms with Crippen LogP contribution in [0.1, 0.15) is 0 Å². The maximum Gasteiger partial charge on any atom is 0.164 e. The Bertz CT molecular complexity index is 3870. The maximum atomic E-state index is 5.05. The first-order valence-electron chi connectivity index (χ1n) is 21.9. The van der Waals surface area contributed by atoms with Crippen molar-refractivity contribution < 1.29 is 0 Å². The molecule has 6 heteroatoms. The van der Waals surface area contributed by atoms with Crippen molar-refractivity contribution in [2.75, 3.05) is 0 Å². The average Bonchev–Trinajstić information content (AvgIpc) is 4.05. The van der Waals surface area contributed by atoms with Gasteiger partial charge < -0.3 is 13.7 Å². The van der Waals surface area contributed by atoms with Gasteiger partial charge in [0.2, 0.25) is 0 Å². The molecule has 0 radical (unpaired) electrons. The summed E-state index contributed by atoms with van der Waals surface area (Å²) in [6.07, 6.45) is 2.18. The number of benzene rings is 9.